The number of carbonyl (C=O) groups excluding carboxylic acids is 1. The van der Waals surface area contributed by atoms with Gasteiger partial charge in [-0.25, -0.2) is 4.98 Å². The van der Waals surface area contributed by atoms with Crippen LogP contribution in [-0.2, 0) is 24.1 Å². The number of amides is 1. The molecule has 0 unspecified atom stereocenters. The van der Waals surface area contributed by atoms with E-state index in [4.69, 9.17) is 4.98 Å². The molecular weight excluding hydrogens is 405 g/mol. The van der Waals surface area contributed by atoms with E-state index >= 15 is 0 Å². The number of hydrogen-bond donors (Lipinski definition) is 1. The second kappa shape index (κ2) is 8.70. The Morgan fingerprint density at radius 2 is 1.90 bits per heavy atom. The SMILES string of the molecule is CCn1c(CN2CCC[C@@H](C(=O)Nc3ccccc3C(F)(F)F)C2)nc2ccccc21. The monoisotopic (exact) mass is 430 g/mol. The molecule has 4 rings (SSSR count). The molecule has 0 radical (unpaired) electrons. The van der Waals surface area contributed by atoms with Crippen LogP contribution >= 0.6 is 0 Å². The summed E-state index contributed by atoms with van der Waals surface area (Å²) < 4.78 is 41.9. The lowest BCUT2D eigenvalue weighted by Crippen LogP contribution is -2.40. The van der Waals surface area contributed by atoms with Crippen LogP contribution in [0.3, 0.4) is 0 Å². The minimum absolute atomic E-state index is 0.190. The summed E-state index contributed by atoms with van der Waals surface area (Å²) in [5, 5.41) is 2.51. The van der Waals surface area contributed by atoms with Crippen LogP contribution in [-0.4, -0.2) is 33.4 Å². The Labute approximate surface area is 178 Å². The number of carbonyl (C=O) groups is 1. The number of aromatic nitrogens is 2. The Hall–Kier alpha value is -2.87. The second-order valence-electron chi connectivity index (χ2n) is 7.87. The number of alkyl halides is 3. The van der Waals surface area contributed by atoms with Gasteiger partial charge in [0.25, 0.3) is 0 Å². The molecule has 1 fully saturated rings. The maximum Gasteiger partial charge on any atom is 0.418 e. The fourth-order valence-corrected chi connectivity index (χ4v) is 4.29. The van der Waals surface area contributed by atoms with Crippen LogP contribution in [0.4, 0.5) is 18.9 Å². The lowest BCUT2D eigenvalue weighted by atomic mass is 9.96. The predicted molar refractivity (Wildman–Crippen MR) is 113 cm³/mol. The summed E-state index contributed by atoms with van der Waals surface area (Å²) in [6.45, 7) is 4.79. The summed E-state index contributed by atoms with van der Waals surface area (Å²) in [6.07, 6.45) is -3.05. The van der Waals surface area contributed by atoms with Crippen LogP contribution in [0.2, 0.25) is 0 Å². The summed E-state index contributed by atoms with van der Waals surface area (Å²) in [5.41, 5.74) is 1.00. The Bertz CT molecular complexity index is 1080. The highest BCUT2D eigenvalue weighted by atomic mass is 19.4. The van der Waals surface area contributed by atoms with Crippen molar-refractivity contribution in [3.8, 4) is 0 Å². The smallest absolute Gasteiger partial charge is 0.327 e. The molecule has 0 bridgehead atoms. The number of nitrogens with zero attached hydrogens (tertiary/aromatic N) is 3. The number of hydrogen-bond acceptors (Lipinski definition) is 3. The average molecular weight is 430 g/mol. The van der Waals surface area contributed by atoms with Crippen molar-refractivity contribution in [2.45, 2.75) is 39.0 Å². The first-order valence-electron chi connectivity index (χ1n) is 10.5. The Morgan fingerprint density at radius 3 is 2.68 bits per heavy atom. The highest BCUT2D eigenvalue weighted by Gasteiger charge is 2.34. The van der Waals surface area contributed by atoms with Gasteiger partial charge in [0.1, 0.15) is 5.82 Å². The van der Waals surface area contributed by atoms with E-state index in [1.165, 1.54) is 18.2 Å². The molecule has 2 heterocycles. The Balaban J connectivity index is 1.47. The van der Waals surface area contributed by atoms with Crippen molar-refractivity contribution in [3.63, 3.8) is 0 Å². The van der Waals surface area contributed by atoms with Gasteiger partial charge in [-0.1, -0.05) is 24.3 Å². The number of aryl methyl sites for hydroxylation is 1. The van der Waals surface area contributed by atoms with Crippen molar-refractivity contribution < 1.29 is 18.0 Å². The largest absolute Gasteiger partial charge is 0.418 e. The highest BCUT2D eigenvalue weighted by molar-refractivity contribution is 5.93. The molecular formula is C23H25F3N4O. The molecule has 3 aromatic rings. The van der Waals surface area contributed by atoms with Gasteiger partial charge >= 0.3 is 6.18 Å². The van der Waals surface area contributed by atoms with Crippen molar-refractivity contribution in [2.24, 2.45) is 5.92 Å². The zero-order valence-corrected chi connectivity index (χ0v) is 17.3. The standard InChI is InChI=1S/C23H25F3N4O/c1-2-30-20-12-6-5-11-19(20)27-21(30)15-29-13-7-8-16(14-29)22(31)28-18-10-4-3-9-17(18)23(24,25)26/h3-6,9-12,16H,2,7-8,13-15H2,1H3,(H,28,31)/t16-/m1/s1. The van der Waals surface area contributed by atoms with Gasteiger partial charge in [0.05, 0.1) is 34.7 Å². The molecule has 1 N–H and O–H groups in total. The molecule has 1 aliphatic rings. The van der Waals surface area contributed by atoms with E-state index in [0.717, 1.165) is 42.4 Å². The zero-order chi connectivity index (χ0) is 22.0. The van der Waals surface area contributed by atoms with E-state index in [9.17, 15) is 18.0 Å². The normalized spacial score (nSPS) is 17.7. The molecule has 1 amide bonds. The van der Waals surface area contributed by atoms with Crippen LogP contribution in [0, 0.1) is 5.92 Å². The van der Waals surface area contributed by atoms with E-state index < -0.39 is 11.7 Å². The summed E-state index contributed by atoms with van der Waals surface area (Å²) in [7, 11) is 0. The summed E-state index contributed by atoms with van der Waals surface area (Å²) >= 11 is 0. The molecule has 31 heavy (non-hydrogen) atoms. The van der Waals surface area contributed by atoms with Crippen LogP contribution < -0.4 is 5.32 Å². The first kappa shape index (κ1) is 21.4. The molecule has 0 spiro atoms. The van der Waals surface area contributed by atoms with E-state index in [-0.39, 0.29) is 17.5 Å². The third-order valence-corrected chi connectivity index (χ3v) is 5.78. The maximum atomic E-state index is 13.2. The topological polar surface area (TPSA) is 50.2 Å². The van der Waals surface area contributed by atoms with Gasteiger partial charge in [-0.2, -0.15) is 13.2 Å². The van der Waals surface area contributed by atoms with E-state index in [2.05, 4.69) is 21.7 Å². The number of rotatable bonds is 5. The van der Waals surface area contributed by atoms with Crippen LogP contribution in [0.15, 0.2) is 48.5 Å². The number of para-hydroxylation sites is 3. The fraction of sp³-hybridized carbons (Fsp3) is 0.391. The molecule has 8 heteroatoms. The Morgan fingerprint density at radius 1 is 1.16 bits per heavy atom. The second-order valence-corrected chi connectivity index (χ2v) is 7.87. The molecule has 5 nitrogen and oxygen atoms in total. The molecule has 1 aromatic heterocycles. The first-order chi connectivity index (χ1) is 14.9. The molecule has 1 atom stereocenters. The van der Waals surface area contributed by atoms with Gasteiger partial charge in [-0.15, -0.1) is 0 Å². The van der Waals surface area contributed by atoms with E-state index in [1.807, 2.05) is 24.3 Å². The van der Waals surface area contributed by atoms with Crippen molar-refractivity contribution in [2.75, 3.05) is 18.4 Å². The third-order valence-electron chi connectivity index (χ3n) is 5.78. The number of nitrogens with one attached hydrogen (secondary N) is 1. The Kier molecular flexibility index (Phi) is 6.00. The van der Waals surface area contributed by atoms with E-state index in [1.54, 1.807) is 0 Å². The zero-order valence-electron chi connectivity index (χ0n) is 17.3. The third kappa shape index (κ3) is 4.58. The van der Waals surface area contributed by atoms with Crippen LogP contribution in [0.1, 0.15) is 31.2 Å². The van der Waals surface area contributed by atoms with Gasteiger partial charge in [0, 0.05) is 13.1 Å². The predicted octanol–water partition coefficient (Wildman–Crippen LogP) is 4.93. The minimum Gasteiger partial charge on any atom is -0.327 e. The highest BCUT2D eigenvalue weighted by Crippen LogP contribution is 2.35. The average Bonchev–Trinajstić information content (AvgIpc) is 3.10. The van der Waals surface area contributed by atoms with Gasteiger partial charge in [-0.05, 0) is 50.6 Å². The lowest BCUT2D eigenvalue weighted by molar-refractivity contribution is -0.137. The van der Waals surface area contributed by atoms with Crippen molar-refractivity contribution in [1.82, 2.24) is 14.5 Å². The number of likely N-dealkylation sites (tertiary alicyclic amines) is 1. The van der Waals surface area contributed by atoms with E-state index in [0.29, 0.717) is 19.5 Å². The molecule has 2 aromatic carbocycles. The van der Waals surface area contributed by atoms with Gasteiger partial charge in [0.2, 0.25) is 5.91 Å². The van der Waals surface area contributed by atoms with Crippen molar-refractivity contribution >= 4 is 22.6 Å². The van der Waals surface area contributed by atoms with Gasteiger partial charge < -0.3 is 9.88 Å². The molecule has 164 valence electrons. The van der Waals surface area contributed by atoms with Crippen LogP contribution in [0.5, 0.6) is 0 Å². The number of anilines is 1. The molecule has 0 aliphatic carbocycles. The van der Waals surface area contributed by atoms with Gasteiger partial charge in [-0.3, -0.25) is 9.69 Å². The van der Waals surface area contributed by atoms with Crippen molar-refractivity contribution in [3.05, 3.63) is 59.9 Å². The minimum atomic E-state index is -4.51. The number of halogens is 3. The fourth-order valence-electron chi connectivity index (χ4n) is 4.29. The maximum absolute atomic E-state index is 13.2. The molecule has 1 saturated heterocycles. The van der Waals surface area contributed by atoms with Crippen LogP contribution in [0.25, 0.3) is 11.0 Å². The summed E-state index contributed by atoms with van der Waals surface area (Å²) in [6, 6.07) is 13.1. The van der Waals surface area contributed by atoms with Crippen molar-refractivity contribution in [1.29, 1.82) is 0 Å². The van der Waals surface area contributed by atoms with Gasteiger partial charge in [0.15, 0.2) is 0 Å². The number of piperidine rings is 1. The molecule has 1 aliphatic heterocycles. The number of imidazole rings is 1. The summed E-state index contributed by atoms with van der Waals surface area (Å²) in [5.74, 6) is 0.201. The summed E-state index contributed by atoms with van der Waals surface area (Å²) in [4.78, 5) is 19.7. The number of fused-ring (bicyclic) bond motifs is 1. The number of benzene rings is 2. The first-order valence-corrected chi connectivity index (χ1v) is 10.5. The quantitative estimate of drug-likeness (QED) is 0.625. The lowest BCUT2D eigenvalue weighted by Gasteiger charge is -2.32. The molecule has 0 saturated carbocycles.